The zero-order chi connectivity index (χ0) is 23.6. The number of carbonyl (C=O) groups excluding carboxylic acids is 4. The molecule has 0 heterocycles. The standard InChI is InChI=1S/C24H31ClO7/c1-12-10-23-11-14(12)6-7-15(23)24(20(25)28)9-8-16(32-13(2)26)22(3,21(29)31-5)18(24)17(23)19(27)30-4/h14-18H,1,6-11H2,2-5H3/t14-,15?,16+,17-,18?,22-,23+,24-/m1/s1. The minimum atomic E-state index is -1.44. The molecule has 8 heteroatoms. The van der Waals surface area contributed by atoms with Gasteiger partial charge in [0.25, 0.3) is 0 Å². The lowest BCUT2D eigenvalue weighted by Gasteiger charge is -2.52. The highest BCUT2D eigenvalue weighted by Gasteiger charge is 2.80. The number of allylic oxidation sites excluding steroid dienone is 1. The van der Waals surface area contributed by atoms with Gasteiger partial charge in [-0.1, -0.05) is 12.2 Å². The fraction of sp³-hybridized carbons (Fsp3) is 0.750. The molecular weight excluding hydrogens is 436 g/mol. The number of fused-ring (bicyclic) bond motifs is 3. The molecule has 0 aromatic rings. The van der Waals surface area contributed by atoms with Crippen molar-refractivity contribution in [3.05, 3.63) is 12.2 Å². The summed E-state index contributed by atoms with van der Waals surface area (Å²) in [6.45, 7) is 7.20. The van der Waals surface area contributed by atoms with Crippen LogP contribution < -0.4 is 0 Å². The highest BCUT2D eigenvalue weighted by Crippen LogP contribution is 2.78. The minimum Gasteiger partial charge on any atom is -0.469 e. The molecule has 2 unspecified atom stereocenters. The van der Waals surface area contributed by atoms with E-state index in [4.69, 9.17) is 25.8 Å². The fourth-order valence-electron chi connectivity index (χ4n) is 8.34. The Balaban J connectivity index is 2.00. The average Bonchev–Trinajstić information content (AvgIpc) is 3.16. The Hall–Kier alpha value is -1.89. The van der Waals surface area contributed by atoms with Gasteiger partial charge in [-0.25, -0.2) is 0 Å². The molecule has 0 radical (unpaired) electrons. The predicted octanol–water partition coefficient (Wildman–Crippen LogP) is 3.42. The number of esters is 3. The topological polar surface area (TPSA) is 96.0 Å². The minimum absolute atomic E-state index is 0.188. The third-order valence-corrected chi connectivity index (χ3v) is 9.63. The molecule has 4 aliphatic rings. The van der Waals surface area contributed by atoms with Crippen LogP contribution in [0.25, 0.3) is 0 Å². The van der Waals surface area contributed by atoms with Gasteiger partial charge in [0, 0.05) is 12.8 Å². The van der Waals surface area contributed by atoms with Crippen molar-refractivity contribution >= 4 is 34.8 Å². The molecule has 4 rings (SSSR count). The van der Waals surface area contributed by atoms with Gasteiger partial charge in [0.1, 0.15) is 11.5 Å². The second-order valence-electron chi connectivity index (χ2n) is 10.3. The maximum Gasteiger partial charge on any atom is 0.315 e. The molecular formula is C24H31ClO7. The van der Waals surface area contributed by atoms with E-state index in [1.54, 1.807) is 6.92 Å². The third kappa shape index (κ3) is 2.72. The molecule has 8 atom stereocenters. The lowest BCUT2D eigenvalue weighted by atomic mass is 9.51. The van der Waals surface area contributed by atoms with Crippen LogP contribution in [0.1, 0.15) is 52.4 Å². The van der Waals surface area contributed by atoms with Gasteiger partial charge < -0.3 is 14.2 Å². The van der Waals surface area contributed by atoms with Crippen molar-refractivity contribution in [3.8, 4) is 0 Å². The summed E-state index contributed by atoms with van der Waals surface area (Å²) in [5, 5.41) is -0.536. The van der Waals surface area contributed by atoms with Gasteiger partial charge in [0.15, 0.2) is 0 Å². The molecule has 32 heavy (non-hydrogen) atoms. The molecule has 7 nitrogen and oxygen atoms in total. The van der Waals surface area contributed by atoms with Gasteiger partial charge in [-0.3, -0.25) is 19.2 Å². The van der Waals surface area contributed by atoms with Crippen LogP contribution in [0.5, 0.6) is 0 Å². The first-order valence-electron chi connectivity index (χ1n) is 11.2. The molecule has 1 spiro atoms. The summed E-state index contributed by atoms with van der Waals surface area (Å²) in [7, 11) is 2.58. The van der Waals surface area contributed by atoms with Gasteiger partial charge in [0.2, 0.25) is 5.24 Å². The highest BCUT2D eigenvalue weighted by molar-refractivity contribution is 6.64. The molecule has 176 valence electrons. The highest BCUT2D eigenvalue weighted by atomic mass is 35.5. The van der Waals surface area contributed by atoms with Crippen LogP contribution in [-0.2, 0) is 33.4 Å². The number of halogens is 1. The normalized spacial score (nSPS) is 44.3. The maximum absolute atomic E-state index is 13.4. The lowest BCUT2D eigenvalue weighted by molar-refractivity contribution is -0.195. The molecule has 4 aliphatic carbocycles. The summed E-state index contributed by atoms with van der Waals surface area (Å²) in [6.07, 6.45) is 2.69. The van der Waals surface area contributed by atoms with Crippen LogP contribution in [0.15, 0.2) is 12.2 Å². The van der Waals surface area contributed by atoms with Gasteiger partial charge in [-0.05, 0) is 74.3 Å². The number of hydrogen-bond donors (Lipinski definition) is 0. The van der Waals surface area contributed by atoms with E-state index < -0.39 is 57.3 Å². The van der Waals surface area contributed by atoms with Crippen LogP contribution in [0.4, 0.5) is 0 Å². The number of hydrogen-bond acceptors (Lipinski definition) is 7. The Labute approximate surface area is 193 Å². The van der Waals surface area contributed by atoms with Crippen molar-refractivity contribution in [2.45, 2.75) is 58.5 Å². The summed E-state index contributed by atoms with van der Waals surface area (Å²) in [4.78, 5) is 52.1. The first kappa shape index (κ1) is 23.3. The largest absolute Gasteiger partial charge is 0.469 e. The fourth-order valence-corrected chi connectivity index (χ4v) is 8.68. The zero-order valence-electron chi connectivity index (χ0n) is 19.1. The predicted molar refractivity (Wildman–Crippen MR) is 114 cm³/mol. The van der Waals surface area contributed by atoms with E-state index in [0.29, 0.717) is 19.3 Å². The molecule has 4 saturated carbocycles. The monoisotopic (exact) mass is 466 g/mol. The Bertz CT molecular complexity index is 899. The number of ether oxygens (including phenoxy) is 3. The Morgan fingerprint density at radius 2 is 1.78 bits per heavy atom. The van der Waals surface area contributed by atoms with E-state index in [-0.39, 0.29) is 18.3 Å². The summed E-state index contributed by atoms with van der Waals surface area (Å²) in [5.41, 5.74) is -2.04. The molecule has 0 N–H and O–H groups in total. The van der Waals surface area contributed by atoms with Crippen LogP contribution in [0.2, 0.25) is 0 Å². The number of methoxy groups -OCH3 is 2. The summed E-state index contributed by atoms with van der Waals surface area (Å²) < 4.78 is 16.1. The second-order valence-corrected chi connectivity index (χ2v) is 10.6. The first-order valence-corrected chi connectivity index (χ1v) is 11.6. The van der Waals surface area contributed by atoms with Crippen molar-refractivity contribution < 1.29 is 33.4 Å². The van der Waals surface area contributed by atoms with E-state index in [1.165, 1.54) is 21.1 Å². The van der Waals surface area contributed by atoms with Crippen LogP contribution in [0, 0.1) is 39.9 Å². The Kier molecular flexibility index (Phi) is 5.51. The molecule has 0 aliphatic heterocycles. The molecule has 4 fully saturated rings. The van der Waals surface area contributed by atoms with E-state index in [9.17, 15) is 19.2 Å². The van der Waals surface area contributed by atoms with Gasteiger partial charge >= 0.3 is 17.9 Å². The van der Waals surface area contributed by atoms with Crippen molar-refractivity contribution in [2.75, 3.05) is 14.2 Å². The van der Waals surface area contributed by atoms with Crippen LogP contribution in [-0.4, -0.2) is 43.5 Å². The van der Waals surface area contributed by atoms with E-state index in [2.05, 4.69) is 6.58 Å². The molecule has 0 aromatic carbocycles. The molecule has 0 amide bonds. The molecule has 0 saturated heterocycles. The van der Waals surface area contributed by atoms with E-state index in [1.807, 2.05) is 0 Å². The summed E-state index contributed by atoms with van der Waals surface area (Å²) >= 11 is 6.41. The number of rotatable bonds is 4. The summed E-state index contributed by atoms with van der Waals surface area (Å²) in [5.74, 6) is -3.10. The van der Waals surface area contributed by atoms with Gasteiger partial charge in [0.05, 0.1) is 25.6 Å². The van der Waals surface area contributed by atoms with Crippen molar-refractivity contribution in [1.29, 1.82) is 0 Å². The van der Waals surface area contributed by atoms with Crippen molar-refractivity contribution in [2.24, 2.45) is 39.9 Å². The van der Waals surface area contributed by atoms with Gasteiger partial charge in [-0.2, -0.15) is 0 Å². The van der Waals surface area contributed by atoms with Crippen molar-refractivity contribution in [1.82, 2.24) is 0 Å². The number of carbonyl (C=O) groups is 4. The van der Waals surface area contributed by atoms with E-state index >= 15 is 0 Å². The quantitative estimate of drug-likeness (QED) is 0.271. The summed E-state index contributed by atoms with van der Waals surface area (Å²) in [6, 6.07) is 0. The molecule has 0 aromatic heterocycles. The average molecular weight is 467 g/mol. The van der Waals surface area contributed by atoms with Gasteiger partial charge in [-0.15, -0.1) is 0 Å². The molecule has 2 bridgehead atoms. The Morgan fingerprint density at radius 3 is 2.34 bits per heavy atom. The second kappa shape index (κ2) is 7.57. The smallest absolute Gasteiger partial charge is 0.315 e. The lowest BCUT2D eigenvalue weighted by Crippen LogP contribution is -2.61. The zero-order valence-corrected chi connectivity index (χ0v) is 19.8. The van der Waals surface area contributed by atoms with Crippen molar-refractivity contribution in [3.63, 3.8) is 0 Å². The van der Waals surface area contributed by atoms with Crippen LogP contribution >= 0.6 is 11.6 Å². The third-order valence-electron chi connectivity index (χ3n) is 9.28. The van der Waals surface area contributed by atoms with E-state index in [0.717, 1.165) is 18.4 Å². The Morgan fingerprint density at radius 1 is 1.09 bits per heavy atom. The van der Waals surface area contributed by atoms with Crippen LogP contribution in [0.3, 0.4) is 0 Å². The maximum atomic E-state index is 13.4. The SMILES string of the molecule is C=C1C[C@]23C[C@H]1CCC2[C@]1(C(=O)Cl)CC[C@H](OC(C)=O)[C@@](C)(C(=O)OC)C1[C@@H]3C(=O)OC. The first-order chi connectivity index (χ1) is 15.0.